The summed E-state index contributed by atoms with van der Waals surface area (Å²) in [6.45, 7) is 1.37. The number of anilines is 2. The van der Waals surface area contributed by atoms with Crippen molar-refractivity contribution in [2.24, 2.45) is 0 Å². The Morgan fingerprint density at radius 3 is 2.61 bits per heavy atom. The fourth-order valence-corrected chi connectivity index (χ4v) is 1.60. The summed E-state index contributed by atoms with van der Waals surface area (Å²) >= 11 is 0. The monoisotopic (exact) mass is 245 g/mol. The Morgan fingerprint density at radius 1 is 1.22 bits per heavy atom. The van der Waals surface area contributed by atoms with Crippen molar-refractivity contribution < 1.29 is 14.3 Å². The van der Waals surface area contributed by atoms with Crippen LogP contribution in [0, 0.1) is 5.82 Å². The Kier molecular flexibility index (Phi) is 3.28. The van der Waals surface area contributed by atoms with E-state index in [1.54, 1.807) is 18.2 Å². The number of hydrogen-bond acceptors (Lipinski definition) is 3. The lowest BCUT2D eigenvalue weighted by molar-refractivity contribution is 0.101. The first-order valence-electron chi connectivity index (χ1n) is 5.43. The maximum atomic E-state index is 13.3. The highest BCUT2D eigenvalue weighted by atomic mass is 19.1. The van der Waals surface area contributed by atoms with Crippen LogP contribution in [0.3, 0.4) is 0 Å². The zero-order valence-corrected chi connectivity index (χ0v) is 9.77. The van der Waals surface area contributed by atoms with Gasteiger partial charge in [0, 0.05) is 11.3 Å². The smallest absolute Gasteiger partial charge is 0.159 e. The summed E-state index contributed by atoms with van der Waals surface area (Å²) in [5.41, 5.74) is 1.16. The molecule has 0 aliphatic carbocycles. The molecule has 2 aromatic carbocycles. The first kappa shape index (κ1) is 12.1. The SMILES string of the molecule is CC(=O)c1cc(F)cc(Nc2ccccc2O)c1. The van der Waals surface area contributed by atoms with Gasteiger partial charge < -0.3 is 10.4 Å². The van der Waals surface area contributed by atoms with Gasteiger partial charge in [0.25, 0.3) is 0 Å². The predicted octanol–water partition coefficient (Wildman–Crippen LogP) is 3.48. The predicted molar refractivity (Wildman–Crippen MR) is 67.8 cm³/mol. The molecule has 2 rings (SSSR count). The third kappa shape index (κ3) is 2.66. The molecule has 2 aromatic rings. The van der Waals surface area contributed by atoms with E-state index in [0.717, 1.165) is 0 Å². The lowest BCUT2D eigenvalue weighted by Gasteiger charge is -2.09. The topological polar surface area (TPSA) is 49.3 Å². The van der Waals surface area contributed by atoms with E-state index < -0.39 is 5.82 Å². The van der Waals surface area contributed by atoms with E-state index in [1.165, 1.54) is 31.2 Å². The van der Waals surface area contributed by atoms with Gasteiger partial charge >= 0.3 is 0 Å². The minimum Gasteiger partial charge on any atom is -0.506 e. The molecule has 2 N–H and O–H groups in total. The van der Waals surface area contributed by atoms with Crippen LogP contribution in [0.5, 0.6) is 5.75 Å². The number of phenols is 1. The van der Waals surface area contributed by atoms with Gasteiger partial charge in [-0.15, -0.1) is 0 Å². The first-order valence-corrected chi connectivity index (χ1v) is 5.43. The van der Waals surface area contributed by atoms with E-state index in [-0.39, 0.29) is 17.1 Å². The molecule has 0 bridgehead atoms. The number of phenolic OH excluding ortho intramolecular Hbond substituents is 1. The standard InChI is InChI=1S/C14H12FNO2/c1-9(17)10-6-11(15)8-12(7-10)16-13-4-2-3-5-14(13)18/h2-8,16,18H,1H3. The van der Waals surface area contributed by atoms with Gasteiger partial charge in [-0.3, -0.25) is 4.79 Å². The van der Waals surface area contributed by atoms with Crippen LogP contribution in [0.15, 0.2) is 42.5 Å². The molecule has 0 saturated carbocycles. The van der Waals surface area contributed by atoms with Crippen LogP contribution in [0.2, 0.25) is 0 Å². The Hall–Kier alpha value is -2.36. The van der Waals surface area contributed by atoms with Crippen molar-refractivity contribution in [1.82, 2.24) is 0 Å². The van der Waals surface area contributed by atoms with E-state index >= 15 is 0 Å². The van der Waals surface area contributed by atoms with E-state index in [2.05, 4.69) is 5.32 Å². The van der Waals surface area contributed by atoms with Crippen LogP contribution < -0.4 is 5.32 Å². The second kappa shape index (κ2) is 4.87. The largest absolute Gasteiger partial charge is 0.506 e. The van der Waals surface area contributed by atoms with Crippen LogP contribution in [0.4, 0.5) is 15.8 Å². The average Bonchev–Trinajstić information content (AvgIpc) is 2.31. The quantitative estimate of drug-likeness (QED) is 0.643. The van der Waals surface area contributed by atoms with Crippen LogP contribution in [0.25, 0.3) is 0 Å². The minimum absolute atomic E-state index is 0.0612. The highest BCUT2D eigenvalue weighted by molar-refractivity contribution is 5.95. The number of nitrogens with one attached hydrogen (secondary N) is 1. The Bertz CT molecular complexity index is 596. The van der Waals surface area contributed by atoms with Gasteiger partial charge in [0.1, 0.15) is 11.6 Å². The zero-order chi connectivity index (χ0) is 13.1. The number of para-hydroxylation sites is 2. The molecule has 0 saturated heterocycles. The van der Waals surface area contributed by atoms with Crippen molar-refractivity contribution >= 4 is 17.2 Å². The normalized spacial score (nSPS) is 10.1. The number of halogens is 1. The van der Waals surface area contributed by atoms with Crippen LogP contribution >= 0.6 is 0 Å². The number of rotatable bonds is 3. The van der Waals surface area contributed by atoms with E-state index in [4.69, 9.17) is 0 Å². The number of carbonyl (C=O) groups is 1. The molecule has 0 spiro atoms. The van der Waals surface area contributed by atoms with Gasteiger partial charge in [0.05, 0.1) is 5.69 Å². The van der Waals surface area contributed by atoms with Crippen molar-refractivity contribution in [3.63, 3.8) is 0 Å². The molecule has 18 heavy (non-hydrogen) atoms. The number of carbonyl (C=O) groups excluding carboxylic acids is 1. The molecule has 0 aliphatic heterocycles. The Labute approximate surface area is 104 Å². The highest BCUT2D eigenvalue weighted by Gasteiger charge is 2.06. The summed E-state index contributed by atoms with van der Waals surface area (Å²) in [5.74, 6) is -0.651. The molecule has 0 heterocycles. The van der Waals surface area contributed by atoms with Crippen molar-refractivity contribution in [3.05, 3.63) is 53.8 Å². The molecule has 0 aliphatic rings. The Balaban J connectivity index is 2.35. The molecule has 3 nitrogen and oxygen atoms in total. The number of aromatic hydroxyl groups is 1. The van der Waals surface area contributed by atoms with Gasteiger partial charge in [0.2, 0.25) is 0 Å². The Morgan fingerprint density at radius 2 is 1.94 bits per heavy atom. The van der Waals surface area contributed by atoms with Gasteiger partial charge in [0.15, 0.2) is 5.78 Å². The van der Waals surface area contributed by atoms with Crippen molar-refractivity contribution in [2.45, 2.75) is 6.92 Å². The van der Waals surface area contributed by atoms with Gasteiger partial charge in [-0.2, -0.15) is 0 Å². The van der Waals surface area contributed by atoms with E-state index in [0.29, 0.717) is 11.4 Å². The molecule has 0 unspecified atom stereocenters. The van der Waals surface area contributed by atoms with Crippen LogP contribution in [0.1, 0.15) is 17.3 Å². The summed E-state index contributed by atoms with van der Waals surface area (Å²) < 4.78 is 13.3. The highest BCUT2D eigenvalue weighted by Crippen LogP contribution is 2.26. The molecule has 0 amide bonds. The fourth-order valence-electron chi connectivity index (χ4n) is 1.60. The maximum Gasteiger partial charge on any atom is 0.159 e. The average molecular weight is 245 g/mol. The molecular weight excluding hydrogens is 233 g/mol. The van der Waals surface area contributed by atoms with Crippen molar-refractivity contribution in [2.75, 3.05) is 5.32 Å². The summed E-state index contributed by atoms with van der Waals surface area (Å²) in [4.78, 5) is 11.2. The van der Waals surface area contributed by atoms with Crippen LogP contribution in [-0.4, -0.2) is 10.9 Å². The zero-order valence-electron chi connectivity index (χ0n) is 9.77. The second-order valence-electron chi connectivity index (χ2n) is 3.93. The lowest BCUT2D eigenvalue weighted by atomic mass is 10.1. The summed E-state index contributed by atoms with van der Waals surface area (Å²) in [7, 11) is 0. The van der Waals surface area contributed by atoms with E-state index in [1.807, 2.05) is 0 Å². The lowest BCUT2D eigenvalue weighted by Crippen LogP contribution is -1.97. The molecule has 4 heteroatoms. The molecular formula is C14H12FNO2. The van der Waals surface area contributed by atoms with E-state index in [9.17, 15) is 14.3 Å². The van der Waals surface area contributed by atoms with Gasteiger partial charge in [-0.1, -0.05) is 12.1 Å². The molecule has 0 fully saturated rings. The third-order valence-electron chi connectivity index (χ3n) is 2.49. The number of ketones is 1. The van der Waals surface area contributed by atoms with Gasteiger partial charge in [-0.05, 0) is 37.3 Å². The second-order valence-corrected chi connectivity index (χ2v) is 3.93. The number of benzene rings is 2. The van der Waals surface area contributed by atoms with Crippen molar-refractivity contribution in [1.29, 1.82) is 0 Å². The summed E-state index contributed by atoms with van der Waals surface area (Å²) in [6, 6.07) is 10.6. The first-order chi connectivity index (χ1) is 8.56. The molecule has 0 radical (unpaired) electrons. The molecule has 0 aromatic heterocycles. The summed E-state index contributed by atoms with van der Waals surface area (Å²) in [6.07, 6.45) is 0. The third-order valence-corrected chi connectivity index (χ3v) is 2.49. The fraction of sp³-hybridized carbons (Fsp3) is 0.0714. The molecule has 0 atom stereocenters. The molecule has 92 valence electrons. The van der Waals surface area contributed by atoms with Gasteiger partial charge in [-0.25, -0.2) is 4.39 Å². The maximum absolute atomic E-state index is 13.3. The minimum atomic E-state index is -0.499. The van der Waals surface area contributed by atoms with Crippen molar-refractivity contribution in [3.8, 4) is 5.75 Å². The number of hydrogen-bond donors (Lipinski definition) is 2. The number of Topliss-reactive ketones (excluding diaryl/α,β-unsaturated/α-hetero) is 1. The summed E-state index contributed by atoms with van der Waals surface area (Å²) in [5, 5.41) is 12.5. The van der Waals surface area contributed by atoms with Crippen LogP contribution in [-0.2, 0) is 0 Å².